The Kier molecular flexibility index (Phi) is 3.75. The van der Waals surface area contributed by atoms with Crippen molar-refractivity contribution in [3.63, 3.8) is 0 Å². The molecule has 21 heavy (non-hydrogen) atoms. The van der Waals surface area contributed by atoms with Gasteiger partial charge in [0.15, 0.2) is 0 Å². The summed E-state index contributed by atoms with van der Waals surface area (Å²) in [5.41, 5.74) is 1.71. The van der Waals surface area contributed by atoms with Crippen LogP contribution in [0.25, 0.3) is 11.0 Å². The van der Waals surface area contributed by atoms with E-state index in [2.05, 4.69) is 17.3 Å². The van der Waals surface area contributed by atoms with E-state index in [4.69, 9.17) is 4.42 Å². The van der Waals surface area contributed by atoms with Crippen molar-refractivity contribution in [1.82, 2.24) is 15.1 Å². The smallest absolute Gasteiger partial charge is 0.134 e. The minimum absolute atomic E-state index is 0.0899. The molecule has 3 rings (SSSR count). The monoisotopic (exact) mass is 287 g/mol. The molecule has 2 heterocycles. The maximum Gasteiger partial charge on any atom is 0.134 e. The lowest BCUT2D eigenvalue weighted by molar-refractivity contribution is 0.451. The predicted molar refractivity (Wildman–Crippen MR) is 79.5 cm³/mol. The van der Waals surface area contributed by atoms with Crippen molar-refractivity contribution in [2.24, 2.45) is 7.05 Å². The SMILES string of the molecule is CCCNC(c1cc2cc(F)ccc2o1)c1ccnn1C. The highest BCUT2D eigenvalue weighted by Gasteiger charge is 2.20. The third kappa shape index (κ3) is 2.69. The van der Waals surface area contributed by atoms with Crippen molar-refractivity contribution < 1.29 is 8.81 Å². The van der Waals surface area contributed by atoms with Crippen LogP contribution in [0.1, 0.15) is 30.8 Å². The molecule has 3 aromatic rings. The first-order chi connectivity index (χ1) is 10.2. The lowest BCUT2D eigenvalue weighted by Gasteiger charge is -2.16. The summed E-state index contributed by atoms with van der Waals surface area (Å²) < 4.78 is 21.0. The van der Waals surface area contributed by atoms with Gasteiger partial charge in [-0.25, -0.2) is 4.39 Å². The Balaban J connectivity index is 2.03. The Morgan fingerprint density at radius 1 is 1.33 bits per heavy atom. The van der Waals surface area contributed by atoms with E-state index in [1.807, 2.05) is 23.9 Å². The summed E-state index contributed by atoms with van der Waals surface area (Å²) in [6.45, 7) is 2.97. The van der Waals surface area contributed by atoms with E-state index in [0.29, 0.717) is 5.58 Å². The van der Waals surface area contributed by atoms with Gasteiger partial charge in [-0.05, 0) is 43.3 Å². The Morgan fingerprint density at radius 2 is 2.19 bits per heavy atom. The van der Waals surface area contributed by atoms with Crippen molar-refractivity contribution in [2.45, 2.75) is 19.4 Å². The summed E-state index contributed by atoms with van der Waals surface area (Å²) in [4.78, 5) is 0. The van der Waals surface area contributed by atoms with Crippen LogP contribution in [0, 0.1) is 5.82 Å². The van der Waals surface area contributed by atoms with E-state index in [9.17, 15) is 4.39 Å². The summed E-state index contributed by atoms with van der Waals surface area (Å²) in [5.74, 6) is 0.515. The highest BCUT2D eigenvalue weighted by atomic mass is 19.1. The van der Waals surface area contributed by atoms with Crippen molar-refractivity contribution in [3.8, 4) is 0 Å². The first kappa shape index (κ1) is 13.8. The van der Waals surface area contributed by atoms with Crippen LogP contribution in [0.3, 0.4) is 0 Å². The van der Waals surface area contributed by atoms with E-state index in [1.54, 1.807) is 12.3 Å². The van der Waals surface area contributed by atoms with Gasteiger partial charge in [-0.15, -0.1) is 0 Å². The van der Waals surface area contributed by atoms with Crippen molar-refractivity contribution in [2.75, 3.05) is 6.54 Å². The van der Waals surface area contributed by atoms with Crippen LogP contribution in [0.2, 0.25) is 0 Å². The van der Waals surface area contributed by atoms with Crippen molar-refractivity contribution in [3.05, 3.63) is 53.8 Å². The number of nitrogens with one attached hydrogen (secondary N) is 1. The molecule has 1 unspecified atom stereocenters. The Hall–Kier alpha value is -2.14. The zero-order valence-corrected chi connectivity index (χ0v) is 12.1. The number of hydrogen-bond donors (Lipinski definition) is 1. The summed E-state index contributed by atoms with van der Waals surface area (Å²) in [6, 6.07) is 8.32. The zero-order valence-electron chi connectivity index (χ0n) is 12.1. The molecule has 0 aliphatic heterocycles. The Morgan fingerprint density at radius 3 is 2.90 bits per heavy atom. The molecular weight excluding hydrogens is 269 g/mol. The van der Waals surface area contributed by atoms with Gasteiger partial charge >= 0.3 is 0 Å². The molecule has 5 heteroatoms. The van der Waals surface area contributed by atoms with Crippen LogP contribution in [0.4, 0.5) is 4.39 Å². The van der Waals surface area contributed by atoms with E-state index in [-0.39, 0.29) is 11.9 Å². The van der Waals surface area contributed by atoms with Crippen molar-refractivity contribution >= 4 is 11.0 Å². The Labute approximate surface area is 122 Å². The lowest BCUT2D eigenvalue weighted by atomic mass is 10.1. The third-order valence-electron chi connectivity index (χ3n) is 3.53. The molecule has 0 saturated carbocycles. The van der Waals surface area contributed by atoms with E-state index < -0.39 is 0 Å². The van der Waals surface area contributed by atoms with Gasteiger partial charge in [0.1, 0.15) is 23.2 Å². The van der Waals surface area contributed by atoms with Gasteiger partial charge in [0.25, 0.3) is 0 Å². The molecule has 4 nitrogen and oxygen atoms in total. The molecule has 0 aliphatic rings. The number of aromatic nitrogens is 2. The fourth-order valence-corrected chi connectivity index (χ4v) is 2.48. The molecule has 0 amide bonds. The largest absolute Gasteiger partial charge is 0.459 e. The van der Waals surface area contributed by atoms with Crippen LogP contribution < -0.4 is 5.32 Å². The van der Waals surface area contributed by atoms with Crippen LogP contribution in [-0.4, -0.2) is 16.3 Å². The van der Waals surface area contributed by atoms with Gasteiger partial charge in [-0.1, -0.05) is 6.92 Å². The summed E-state index contributed by atoms with van der Waals surface area (Å²) in [6.07, 6.45) is 2.78. The Bertz CT molecular complexity index is 747. The maximum absolute atomic E-state index is 13.3. The fourth-order valence-electron chi connectivity index (χ4n) is 2.48. The number of aryl methyl sites for hydroxylation is 1. The zero-order chi connectivity index (χ0) is 14.8. The molecule has 2 aromatic heterocycles. The minimum atomic E-state index is -0.256. The summed E-state index contributed by atoms with van der Waals surface area (Å²) in [7, 11) is 1.90. The predicted octanol–water partition coefficient (Wildman–Crippen LogP) is 3.39. The molecular formula is C16H18FN3O. The first-order valence-electron chi connectivity index (χ1n) is 7.09. The number of halogens is 1. The molecule has 0 spiro atoms. The molecule has 0 fully saturated rings. The van der Waals surface area contributed by atoms with Gasteiger partial charge in [0.05, 0.1) is 5.69 Å². The van der Waals surface area contributed by atoms with E-state index in [1.165, 1.54) is 12.1 Å². The number of furan rings is 1. The quantitative estimate of drug-likeness (QED) is 0.782. The third-order valence-corrected chi connectivity index (χ3v) is 3.53. The van der Waals surface area contributed by atoms with E-state index >= 15 is 0 Å². The second-order valence-electron chi connectivity index (χ2n) is 5.10. The van der Waals surface area contributed by atoms with Crippen LogP contribution in [-0.2, 0) is 7.05 Å². The average Bonchev–Trinajstić information content (AvgIpc) is 3.06. The van der Waals surface area contributed by atoms with Gasteiger partial charge in [0.2, 0.25) is 0 Å². The molecule has 0 aliphatic carbocycles. The van der Waals surface area contributed by atoms with Gasteiger partial charge in [-0.2, -0.15) is 5.10 Å². The normalized spacial score (nSPS) is 12.9. The number of fused-ring (bicyclic) bond motifs is 1. The van der Waals surface area contributed by atoms with Gasteiger partial charge in [0, 0.05) is 18.6 Å². The number of nitrogens with zero attached hydrogens (tertiary/aromatic N) is 2. The van der Waals surface area contributed by atoms with Gasteiger partial charge < -0.3 is 9.73 Å². The summed E-state index contributed by atoms with van der Waals surface area (Å²) in [5, 5.41) is 8.44. The van der Waals surface area contributed by atoms with Crippen LogP contribution in [0.15, 0.2) is 40.9 Å². The highest BCUT2D eigenvalue weighted by molar-refractivity contribution is 5.78. The first-order valence-corrected chi connectivity index (χ1v) is 7.09. The standard InChI is InChI=1S/C16H18FN3O/c1-3-7-18-16(13-6-8-19-20(13)2)15-10-11-9-12(17)4-5-14(11)21-15/h4-6,8-10,16,18H,3,7H2,1-2H3. The second kappa shape index (κ2) is 5.69. The molecule has 110 valence electrons. The molecule has 0 radical (unpaired) electrons. The molecule has 0 saturated heterocycles. The minimum Gasteiger partial charge on any atom is -0.459 e. The lowest BCUT2D eigenvalue weighted by Crippen LogP contribution is -2.24. The molecule has 1 aromatic carbocycles. The molecule has 0 bridgehead atoms. The van der Waals surface area contributed by atoms with E-state index in [0.717, 1.165) is 29.8 Å². The van der Waals surface area contributed by atoms with Gasteiger partial charge in [-0.3, -0.25) is 4.68 Å². The number of rotatable bonds is 5. The molecule has 1 N–H and O–H groups in total. The average molecular weight is 287 g/mol. The number of hydrogen-bond acceptors (Lipinski definition) is 3. The fraction of sp³-hybridized carbons (Fsp3) is 0.312. The summed E-state index contributed by atoms with van der Waals surface area (Å²) >= 11 is 0. The van der Waals surface area contributed by atoms with Crippen molar-refractivity contribution in [1.29, 1.82) is 0 Å². The van der Waals surface area contributed by atoms with Crippen LogP contribution >= 0.6 is 0 Å². The maximum atomic E-state index is 13.3. The molecule has 1 atom stereocenters. The topological polar surface area (TPSA) is 43.0 Å². The second-order valence-corrected chi connectivity index (χ2v) is 5.10. The van der Waals surface area contributed by atoms with Crippen LogP contribution in [0.5, 0.6) is 0 Å². The number of benzene rings is 1. The highest BCUT2D eigenvalue weighted by Crippen LogP contribution is 2.28.